The van der Waals surface area contributed by atoms with E-state index >= 15 is 0 Å². The number of ketones is 1. The lowest BCUT2D eigenvalue weighted by Gasteiger charge is -2.07. The van der Waals surface area contributed by atoms with Gasteiger partial charge in [-0.05, 0) is 29.8 Å². The predicted molar refractivity (Wildman–Crippen MR) is 102 cm³/mol. The highest BCUT2D eigenvalue weighted by Gasteiger charge is 2.18. The van der Waals surface area contributed by atoms with Crippen molar-refractivity contribution in [2.75, 3.05) is 7.11 Å². The van der Waals surface area contributed by atoms with Crippen molar-refractivity contribution in [3.8, 4) is 5.75 Å². The van der Waals surface area contributed by atoms with E-state index in [-0.39, 0.29) is 17.1 Å². The van der Waals surface area contributed by atoms with E-state index in [2.05, 4.69) is 0 Å². The van der Waals surface area contributed by atoms with Gasteiger partial charge in [-0.1, -0.05) is 23.7 Å². The first-order valence-corrected chi connectivity index (χ1v) is 8.47. The number of hydrogen-bond donors (Lipinski definition) is 2. The van der Waals surface area contributed by atoms with Crippen LogP contribution in [0.5, 0.6) is 5.75 Å². The van der Waals surface area contributed by atoms with Gasteiger partial charge in [0.2, 0.25) is 0 Å². The van der Waals surface area contributed by atoms with E-state index in [1.165, 1.54) is 19.2 Å². The van der Waals surface area contributed by atoms with Gasteiger partial charge >= 0.3 is 5.97 Å². The van der Waals surface area contributed by atoms with Crippen LogP contribution in [-0.2, 0) is 16.1 Å². The number of aliphatic hydroxyl groups is 1. The summed E-state index contributed by atoms with van der Waals surface area (Å²) in [5.41, 5.74) is 1.49. The number of nitrogens with zero attached hydrogens (tertiary/aromatic N) is 1. The highest BCUT2D eigenvalue weighted by Crippen LogP contribution is 2.34. The molecule has 6 nitrogen and oxygen atoms in total. The average molecular weight is 404 g/mol. The van der Waals surface area contributed by atoms with E-state index in [0.717, 1.165) is 0 Å². The summed E-state index contributed by atoms with van der Waals surface area (Å²) in [6.45, 7) is 0.248. The molecule has 0 unspecified atom stereocenters. The Hall–Kier alpha value is -3.32. The van der Waals surface area contributed by atoms with Crippen LogP contribution in [-0.4, -0.2) is 33.6 Å². The van der Waals surface area contributed by atoms with Crippen LogP contribution in [0.25, 0.3) is 16.7 Å². The lowest BCUT2D eigenvalue weighted by molar-refractivity contribution is -0.146. The lowest BCUT2D eigenvalue weighted by atomic mass is 10.1. The van der Waals surface area contributed by atoms with Crippen molar-refractivity contribution in [3.05, 3.63) is 70.6 Å². The molecule has 1 aromatic heterocycles. The van der Waals surface area contributed by atoms with Crippen molar-refractivity contribution in [1.82, 2.24) is 4.57 Å². The highest BCUT2D eigenvalue weighted by molar-refractivity contribution is 6.38. The average Bonchev–Trinajstić information content (AvgIpc) is 3.03. The molecule has 0 atom stereocenters. The van der Waals surface area contributed by atoms with E-state index in [0.29, 0.717) is 28.3 Å². The summed E-state index contributed by atoms with van der Waals surface area (Å²) >= 11 is 5.72. The van der Waals surface area contributed by atoms with Crippen LogP contribution in [0.15, 0.2) is 48.7 Å². The number of carbonyl (C=O) groups excluding carboxylic acids is 1. The van der Waals surface area contributed by atoms with E-state index in [9.17, 15) is 19.1 Å². The van der Waals surface area contributed by atoms with E-state index in [4.69, 9.17) is 21.4 Å². The smallest absolute Gasteiger partial charge is 0.376 e. The summed E-state index contributed by atoms with van der Waals surface area (Å²) in [7, 11) is 1.45. The number of aliphatic carboxylic acids is 1. The number of benzene rings is 2. The molecule has 0 radical (unpaired) electrons. The Labute approximate surface area is 164 Å². The lowest BCUT2D eigenvalue weighted by Crippen LogP contribution is -2.09. The third-order valence-corrected chi connectivity index (χ3v) is 4.49. The molecule has 0 amide bonds. The Kier molecular flexibility index (Phi) is 5.37. The van der Waals surface area contributed by atoms with Crippen LogP contribution in [0.4, 0.5) is 4.39 Å². The Balaban J connectivity index is 2.15. The number of carbonyl (C=O) groups is 2. The van der Waals surface area contributed by atoms with Gasteiger partial charge in [0, 0.05) is 24.4 Å². The minimum Gasteiger partial charge on any atom is -0.507 e. The number of methoxy groups -OCH3 is 1. The maximum absolute atomic E-state index is 13.8. The van der Waals surface area contributed by atoms with Crippen LogP contribution < -0.4 is 4.74 Å². The molecule has 0 saturated carbocycles. The molecule has 0 aliphatic heterocycles. The zero-order chi connectivity index (χ0) is 20.4. The third kappa shape index (κ3) is 3.70. The molecular formula is C20H15ClFNO5. The van der Waals surface area contributed by atoms with Gasteiger partial charge in [-0.25, -0.2) is 9.18 Å². The highest BCUT2D eigenvalue weighted by atomic mass is 35.5. The fraction of sp³-hybridized carbons (Fsp3) is 0.100. The van der Waals surface area contributed by atoms with Crippen molar-refractivity contribution in [3.63, 3.8) is 0 Å². The van der Waals surface area contributed by atoms with Gasteiger partial charge in [-0.15, -0.1) is 0 Å². The summed E-state index contributed by atoms with van der Waals surface area (Å²) in [5.74, 6) is -3.57. The summed E-state index contributed by atoms with van der Waals surface area (Å²) in [5, 5.41) is 19.6. The second-order valence-corrected chi connectivity index (χ2v) is 6.38. The van der Waals surface area contributed by atoms with Crippen LogP contribution in [0.3, 0.4) is 0 Å². The number of hydrogen-bond acceptors (Lipinski definition) is 4. The molecule has 0 fully saturated rings. The molecule has 0 spiro atoms. The second kappa shape index (κ2) is 7.74. The van der Waals surface area contributed by atoms with Crippen LogP contribution in [0.1, 0.15) is 11.1 Å². The van der Waals surface area contributed by atoms with E-state index < -0.39 is 23.3 Å². The molecule has 144 valence electrons. The Morgan fingerprint density at radius 3 is 2.64 bits per heavy atom. The first-order valence-electron chi connectivity index (χ1n) is 8.10. The topological polar surface area (TPSA) is 88.8 Å². The van der Waals surface area contributed by atoms with Gasteiger partial charge in [-0.2, -0.15) is 0 Å². The Morgan fingerprint density at radius 1 is 1.25 bits per heavy atom. The maximum atomic E-state index is 13.8. The molecule has 28 heavy (non-hydrogen) atoms. The molecule has 0 aliphatic rings. The molecule has 2 aromatic carbocycles. The number of carboxylic acids is 1. The van der Waals surface area contributed by atoms with Crippen molar-refractivity contribution < 1.29 is 28.9 Å². The number of rotatable bonds is 6. The molecule has 8 heteroatoms. The fourth-order valence-corrected chi connectivity index (χ4v) is 3.03. The Morgan fingerprint density at radius 2 is 2.00 bits per heavy atom. The fourth-order valence-electron chi connectivity index (χ4n) is 2.91. The van der Waals surface area contributed by atoms with Crippen molar-refractivity contribution in [2.45, 2.75) is 6.54 Å². The van der Waals surface area contributed by atoms with Gasteiger partial charge in [0.05, 0.1) is 23.0 Å². The zero-order valence-corrected chi connectivity index (χ0v) is 15.4. The van der Waals surface area contributed by atoms with Crippen molar-refractivity contribution in [2.24, 2.45) is 0 Å². The maximum Gasteiger partial charge on any atom is 0.376 e. The number of aromatic nitrogens is 1. The van der Waals surface area contributed by atoms with Gasteiger partial charge < -0.3 is 19.5 Å². The number of halogens is 2. The summed E-state index contributed by atoms with van der Waals surface area (Å²) in [6, 6.07) is 9.60. The van der Waals surface area contributed by atoms with Crippen molar-refractivity contribution in [1.29, 1.82) is 0 Å². The molecule has 0 bridgehead atoms. The second-order valence-electron chi connectivity index (χ2n) is 5.97. The molecule has 0 saturated heterocycles. The standard InChI is InChI=1S/C20H15ClFNO5/c1-28-18-4-2-3-15-19(18)12(16(24)8-17(25)20(26)27)10-23(15)9-11-5-6-13(21)14(22)7-11/h2-8,10,24H,9H2,1H3,(H,26,27)/b16-8-. The normalized spacial score (nSPS) is 11.6. The monoisotopic (exact) mass is 403 g/mol. The number of fused-ring (bicyclic) bond motifs is 1. The molecule has 2 N–H and O–H groups in total. The molecule has 0 aliphatic carbocycles. The van der Waals surface area contributed by atoms with Crippen LogP contribution >= 0.6 is 11.6 Å². The third-order valence-electron chi connectivity index (χ3n) is 4.18. The van der Waals surface area contributed by atoms with E-state index in [1.807, 2.05) is 0 Å². The SMILES string of the molecule is COc1cccc2c1c(/C(O)=C/C(=O)C(=O)O)cn2Cc1ccc(Cl)c(F)c1. The first-order chi connectivity index (χ1) is 13.3. The van der Waals surface area contributed by atoms with E-state index in [1.54, 1.807) is 35.0 Å². The minimum absolute atomic E-state index is 0.0104. The largest absolute Gasteiger partial charge is 0.507 e. The Bertz CT molecular complexity index is 1120. The molecule has 3 aromatic rings. The number of ether oxygens (including phenoxy) is 1. The number of aliphatic hydroxyl groups excluding tert-OH is 1. The zero-order valence-electron chi connectivity index (χ0n) is 14.6. The molecule has 3 rings (SSSR count). The van der Waals surface area contributed by atoms with Gasteiger partial charge in [-0.3, -0.25) is 4.79 Å². The van der Waals surface area contributed by atoms with Crippen LogP contribution in [0, 0.1) is 5.82 Å². The van der Waals surface area contributed by atoms with Gasteiger partial charge in [0.1, 0.15) is 17.3 Å². The van der Waals surface area contributed by atoms with Crippen molar-refractivity contribution >= 4 is 40.0 Å². The summed E-state index contributed by atoms with van der Waals surface area (Å²) < 4.78 is 20.8. The van der Waals surface area contributed by atoms with Gasteiger partial charge in [0.15, 0.2) is 0 Å². The quantitative estimate of drug-likeness (QED) is 0.368. The van der Waals surface area contributed by atoms with Gasteiger partial charge in [0.25, 0.3) is 5.78 Å². The molecular weight excluding hydrogens is 389 g/mol. The first kappa shape index (κ1) is 19.4. The predicted octanol–water partition coefficient (Wildman–Crippen LogP) is 4.04. The number of carboxylic acid groups (broad SMARTS) is 1. The summed E-state index contributed by atoms with van der Waals surface area (Å²) in [4.78, 5) is 22.2. The van der Waals surface area contributed by atoms with Crippen LogP contribution in [0.2, 0.25) is 5.02 Å². The summed E-state index contributed by atoms with van der Waals surface area (Å²) in [6.07, 6.45) is 2.18. The minimum atomic E-state index is -1.68. The molecule has 1 heterocycles.